The van der Waals surface area contributed by atoms with Crippen LogP contribution >= 0.6 is 0 Å². The first-order chi connectivity index (χ1) is 6.42. The molecule has 1 saturated heterocycles. The van der Waals surface area contributed by atoms with Gasteiger partial charge in [-0.1, -0.05) is 12.1 Å². The maximum absolute atomic E-state index is 8.90. The SMILES string of the molecule is N#Cc1ccccc1N1CCCC1. The second kappa shape index (κ2) is 3.49. The van der Waals surface area contributed by atoms with Gasteiger partial charge in [0.05, 0.1) is 11.3 Å². The topological polar surface area (TPSA) is 27.0 Å². The van der Waals surface area contributed by atoms with Crippen LogP contribution in [0.2, 0.25) is 0 Å². The molecule has 0 aromatic heterocycles. The summed E-state index contributed by atoms with van der Waals surface area (Å²) in [6.07, 6.45) is 2.50. The molecular formula is C11H12N2. The molecule has 1 aromatic rings. The second-order valence-corrected chi connectivity index (χ2v) is 3.32. The molecule has 66 valence electrons. The average Bonchev–Trinajstić information content (AvgIpc) is 2.70. The number of nitrogens with zero attached hydrogens (tertiary/aromatic N) is 2. The Morgan fingerprint density at radius 1 is 1.15 bits per heavy atom. The highest BCUT2D eigenvalue weighted by Gasteiger charge is 2.14. The largest absolute Gasteiger partial charge is 0.370 e. The predicted molar refractivity (Wildman–Crippen MR) is 52.6 cm³/mol. The summed E-state index contributed by atoms with van der Waals surface area (Å²) in [6, 6.07) is 10.1. The summed E-state index contributed by atoms with van der Waals surface area (Å²) in [6.45, 7) is 2.19. The minimum Gasteiger partial charge on any atom is -0.370 e. The molecule has 2 rings (SSSR count). The van der Waals surface area contributed by atoms with E-state index in [1.807, 2.05) is 24.3 Å². The van der Waals surface area contributed by atoms with Crippen molar-refractivity contribution in [3.8, 4) is 6.07 Å². The molecular weight excluding hydrogens is 160 g/mol. The Morgan fingerprint density at radius 3 is 2.54 bits per heavy atom. The van der Waals surface area contributed by atoms with Crippen molar-refractivity contribution < 1.29 is 0 Å². The molecule has 0 bridgehead atoms. The van der Waals surface area contributed by atoms with E-state index >= 15 is 0 Å². The minimum absolute atomic E-state index is 0.796. The van der Waals surface area contributed by atoms with E-state index in [2.05, 4.69) is 11.0 Å². The molecule has 0 spiro atoms. The van der Waals surface area contributed by atoms with Crippen LogP contribution in [0.5, 0.6) is 0 Å². The third kappa shape index (κ3) is 1.50. The number of rotatable bonds is 1. The molecule has 0 aliphatic carbocycles. The van der Waals surface area contributed by atoms with Gasteiger partial charge in [0.2, 0.25) is 0 Å². The summed E-state index contributed by atoms with van der Waals surface area (Å²) >= 11 is 0. The zero-order valence-electron chi connectivity index (χ0n) is 7.53. The molecule has 0 atom stereocenters. The molecule has 0 amide bonds. The predicted octanol–water partition coefficient (Wildman–Crippen LogP) is 2.16. The van der Waals surface area contributed by atoms with Crippen LogP contribution in [0.3, 0.4) is 0 Å². The maximum Gasteiger partial charge on any atom is 0.101 e. The van der Waals surface area contributed by atoms with Gasteiger partial charge in [0.25, 0.3) is 0 Å². The zero-order chi connectivity index (χ0) is 9.10. The maximum atomic E-state index is 8.90. The van der Waals surface area contributed by atoms with E-state index in [-0.39, 0.29) is 0 Å². The Kier molecular flexibility index (Phi) is 2.18. The molecule has 2 heteroatoms. The van der Waals surface area contributed by atoms with Crippen LogP contribution in [0, 0.1) is 11.3 Å². The van der Waals surface area contributed by atoms with Crippen LogP contribution in [0.15, 0.2) is 24.3 Å². The van der Waals surface area contributed by atoms with Gasteiger partial charge in [0.15, 0.2) is 0 Å². The van der Waals surface area contributed by atoms with Crippen LogP contribution in [-0.2, 0) is 0 Å². The van der Waals surface area contributed by atoms with Gasteiger partial charge in [-0.3, -0.25) is 0 Å². The normalized spacial score (nSPS) is 15.8. The number of nitriles is 1. The molecule has 2 nitrogen and oxygen atoms in total. The lowest BCUT2D eigenvalue weighted by Gasteiger charge is -2.18. The molecule has 0 N–H and O–H groups in total. The number of hydrogen-bond donors (Lipinski definition) is 0. The summed E-state index contributed by atoms with van der Waals surface area (Å²) in [5.74, 6) is 0. The average molecular weight is 172 g/mol. The molecule has 0 radical (unpaired) electrons. The number of benzene rings is 1. The lowest BCUT2D eigenvalue weighted by Crippen LogP contribution is -2.18. The summed E-state index contributed by atoms with van der Waals surface area (Å²) in [5, 5.41) is 8.90. The van der Waals surface area contributed by atoms with E-state index in [0.29, 0.717) is 0 Å². The van der Waals surface area contributed by atoms with Crippen molar-refractivity contribution in [3.63, 3.8) is 0 Å². The lowest BCUT2D eigenvalue weighted by molar-refractivity contribution is 0.949. The fourth-order valence-electron chi connectivity index (χ4n) is 1.80. The van der Waals surface area contributed by atoms with Crippen LogP contribution in [0.4, 0.5) is 5.69 Å². The quantitative estimate of drug-likeness (QED) is 0.649. The van der Waals surface area contributed by atoms with Crippen LogP contribution < -0.4 is 4.90 Å². The molecule has 1 heterocycles. The van der Waals surface area contributed by atoms with Gasteiger partial charge in [0.1, 0.15) is 6.07 Å². The molecule has 13 heavy (non-hydrogen) atoms. The van der Waals surface area contributed by atoms with Gasteiger partial charge >= 0.3 is 0 Å². The van der Waals surface area contributed by atoms with Crippen molar-refractivity contribution in [2.75, 3.05) is 18.0 Å². The van der Waals surface area contributed by atoms with E-state index in [1.54, 1.807) is 0 Å². The minimum atomic E-state index is 0.796. The summed E-state index contributed by atoms with van der Waals surface area (Å²) in [7, 11) is 0. The van der Waals surface area contributed by atoms with E-state index in [0.717, 1.165) is 24.3 Å². The van der Waals surface area contributed by atoms with Crippen molar-refractivity contribution in [1.29, 1.82) is 5.26 Å². The number of para-hydroxylation sites is 1. The van der Waals surface area contributed by atoms with Gasteiger partial charge in [-0.05, 0) is 25.0 Å². The highest BCUT2D eigenvalue weighted by atomic mass is 15.1. The van der Waals surface area contributed by atoms with Gasteiger partial charge < -0.3 is 4.90 Å². The first kappa shape index (κ1) is 8.12. The van der Waals surface area contributed by atoms with Gasteiger partial charge in [-0.2, -0.15) is 5.26 Å². The van der Waals surface area contributed by atoms with Crippen LogP contribution in [-0.4, -0.2) is 13.1 Å². The standard InChI is InChI=1S/C11H12N2/c12-9-10-5-1-2-6-11(10)13-7-3-4-8-13/h1-2,5-6H,3-4,7-8H2. The Balaban J connectivity index is 2.33. The van der Waals surface area contributed by atoms with Crippen molar-refractivity contribution >= 4 is 5.69 Å². The third-order valence-electron chi connectivity index (χ3n) is 2.47. The Hall–Kier alpha value is -1.49. The van der Waals surface area contributed by atoms with Gasteiger partial charge in [-0.15, -0.1) is 0 Å². The Morgan fingerprint density at radius 2 is 1.85 bits per heavy atom. The summed E-state index contributed by atoms with van der Waals surface area (Å²) in [5.41, 5.74) is 1.90. The van der Waals surface area contributed by atoms with E-state index in [1.165, 1.54) is 12.8 Å². The van der Waals surface area contributed by atoms with Gasteiger partial charge in [0, 0.05) is 13.1 Å². The first-order valence-electron chi connectivity index (χ1n) is 4.66. The smallest absolute Gasteiger partial charge is 0.101 e. The van der Waals surface area contributed by atoms with Gasteiger partial charge in [-0.25, -0.2) is 0 Å². The van der Waals surface area contributed by atoms with Crippen LogP contribution in [0.1, 0.15) is 18.4 Å². The monoisotopic (exact) mass is 172 g/mol. The van der Waals surface area contributed by atoms with Crippen molar-refractivity contribution in [2.24, 2.45) is 0 Å². The summed E-state index contributed by atoms with van der Waals surface area (Å²) < 4.78 is 0. The second-order valence-electron chi connectivity index (χ2n) is 3.32. The summed E-state index contributed by atoms with van der Waals surface area (Å²) in [4.78, 5) is 2.29. The fraction of sp³-hybridized carbons (Fsp3) is 0.364. The lowest BCUT2D eigenvalue weighted by atomic mass is 10.2. The van der Waals surface area contributed by atoms with Crippen molar-refractivity contribution in [2.45, 2.75) is 12.8 Å². The molecule has 1 aliphatic rings. The van der Waals surface area contributed by atoms with Crippen LogP contribution in [0.25, 0.3) is 0 Å². The highest BCUT2D eigenvalue weighted by Crippen LogP contribution is 2.23. The third-order valence-corrected chi connectivity index (χ3v) is 2.47. The van der Waals surface area contributed by atoms with Crippen molar-refractivity contribution in [3.05, 3.63) is 29.8 Å². The first-order valence-corrected chi connectivity index (χ1v) is 4.66. The molecule has 1 aromatic carbocycles. The molecule has 1 fully saturated rings. The number of anilines is 1. The Bertz CT molecular complexity index is 332. The van der Waals surface area contributed by atoms with E-state index in [9.17, 15) is 0 Å². The van der Waals surface area contributed by atoms with E-state index < -0.39 is 0 Å². The zero-order valence-corrected chi connectivity index (χ0v) is 7.53. The van der Waals surface area contributed by atoms with E-state index in [4.69, 9.17) is 5.26 Å². The Labute approximate surface area is 78.4 Å². The fourth-order valence-corrected chi connectivity index (χ4v) is 1.80. The van der Waals surface area contributed by atoms with Crippen molar-refractivity contribution in [1.82, 2.24) is 0 Å². The molecule has 0 unspecified atom stereocenters. The molecule has 1 aliphatic heterocycles. The molecule has 0 saturated carbocycles. The highest BCUT2D eigenvalue weighted by molar-refractivity contribution is 5.59. The number of hydrogen-bond acceptors (Lipinski definition) is 2.